The number of hydrogen-bond acceptors (Lipinski definition) is 6. The molecule has 0 radical (unpaired) electrons. The van der Waals surface area contributed by atoms with E-state index in [1.807, 2.05) is 0 Å². The Morgan fingerprint density at radius 3 is 2.66 bits per heavy atom. The van der Waals surface area contributed by atoms with E-state index in [-0.39, 0.29) is 54.3 Å². The number of carbonyl (C=O) groups excluding carboxylic acids is 2. The number of ether oxygens (including phenoxy) is 1. The van der Waals surface area contributed by atoms with Gasteiger partial charge < -0.3 is 31.3 Å². The first-order valence-corrected chi connectivity index (χ1v) is 12.9. The van der Waals surface area contributed by atoms with Crippen molar-refractivity contribution in [2.45, 2.75) is 57.5 Å². The van der Waals surface area contributed by atoms with E-state index in [0.717, 1.165) is 0 Å². The smallest absolute Gasteiger partial charge is 0.251 e. The first kappa shape index (κ1) is 26.2. The number of likely N-dealkylation sites (N-methyl/N-ethyl adjacent to an activating group) is 1. The van der Waals surface area contributed by atoms with Crippen molar-refractivity contribution >= 4 is 23.3 Å². The minimum atomic E-state index is -2.87. The Hall–Kier alpha value is -3.37. The van der Waals surface area contributed by atoms with E-state index in [0.29, 0.717) is 36.3 Å². The fourth-order valence-electron chi connectivity index (χ4n) is 6.73. The van der Waals surface area contributed by atoms with Crippen LogP contribution < -0.4 is 21.5 Å². The number of nitrogens with one attached hydrogen (secondary N) is 2. The number of anilines is 1. The molecule has 1 heterocycles. The number of amides is 2. The number of methoxy groups -OCH3 is 1. The predicted molar refractivity (Wildman–Crippen MR) is 139 cm³/mol. The summed E-state index contributed by atoms with van der Waals surface area (Å²) < 4.78 is 36.1. The summed E-state index contributed by atoms with van der Waals surface area (Å²) in [5, 5.41) is 11.7. The molecule has 1 saturated heterocycles. The fraction of sp³-hybridized carbons (Fsp3) is 0.593. The summed E-state index contributed by atoms with van der Waals surface area (Å²) >= 11 is 0. The van der Waals surface area contributed by atoms with Crippen molar-refractivity contribution in [2.24, 2.45) is 28.4 Å². The monoisotopic (exact) mass is 530 g/mol. The van der Waals surface area contributed by atoms with E-state index in [1.54, 1.807) is 44.0 Å². The van der Waals surface area contributed by atoms with Crippen LogP contribution in [0.2, 0.25) is 0 Å². The molecule has 1 aromatic carbocycles. The molecular formula is C27H36F2N6O3. The number of nitrogens with two attached hydrogens (primary N) is 2. The lowest BCUT2D eigenvalue weighted by Crippen LogP contribution is -2.42. The molecule has 6 N–H and O–H groups in total. The highest BCUT2D eigenvalue weighted by atomic mass is 19.3. The van der Waals surface area contributed by atoms with Gasteiger partial charge in [-0.1, -0.05) is 0 Å². The molecule has 3 aliphatic carbocycles. The van der Waals surface area contributed by atoms with E-state index in [1.165, 1.54) is 18.2 Å². The van der Waals surface area contributed by atoms with Crippen molar-refractivity contribution in [3.63, 3.8) is 0 Å². The Kier molecular flexibility index (Phi) is 5.92. The zero-order valence-corrected chi connectivity index (χ0v) is 22.2. The van der Waals surface area contributed by atoms with Crippen LogP contribution in [0.5, 0.6) is 5.75 Å². The lowest BCUT2D eigenvalue weighted by atomic mass is 9.91. The fourth-order valence-corrected chi connectivity index (χ4v) is 6.73. The number of alkyl halides is 2. The van der Waals surface area contributed by atoms with Gasteiger partial charge in [0.05, 0.1) is 18.2 Å². The number of amidine groups is 1. The number of nitrogens with zero attached hydrogens (tertiary/aromatic N) is 2. The summed E-state index contributed by atoms with van der Waals surface area (Å²) in [6.45, 7) is 3.88. The summed E-state index contributed by atoms with van der Waals surface area (Å²) in [5.41, 5.74) is 11.2. The molecule has 5 rings (SSSR count). The van der Waals surface area contributed by atoms with Gasteiger partial charge in [0.2, 0.25) is 5.91 Å². The zero-order chi connectivity index (χ0) is 27.8. The summed E-state index contributed by atoms with van der Waals surface area (Å²) in [6, 6.07) is 4.14. The highest BCUT2D eigenvalue weighted by molar-refractivity contribution is 6.02. The molecule has 1 spiro atoms. The quantitative estimate of drug-likeness (QED) is 0.432. The van der Waals surface area contributed by atoms with E-state index < -0.39 is 22.7 Å². The van der Waals surface area contributed by atoms with Gasteiger partial charge in [-0.15, -0.1) is 0 Å². The molecule has 3 saturated carbocycles. The maximum atomic E-state index is 15.4. The second-order valence-electron chi connectivity index (χ2n) is 12.0. The van der Waals surface area contributed by atoms with Crippen LogP contribution in [0.1, 0.15) is 49.9 Å². The maximum Gasteiger partial charge on any atom is 0.251 e. The number of benzene rings is 1. The highest BCUT2D eigenvalue weighted by Crippen LogP contribution is 2.69. The number of carbonyl (C=O) groups is 2. The van der Waals surface area contributed by atoms with Crippen LogP contribution in [0.15, 0.2) is 30.1 Å². The molecule has 11 heteroatoms. The Balaban J connectivity index is 1.28. The van der Waals surface area contributed by atoms with Crippen molar-refractivity contribution in [3.05, 3.63) is 35.7 Å². The van der Waals surface area contributed by atoms with Gasteiger partial charge in [-0.3, -0.25) is 15.0 Å². The lowest BCUT2D eigenvalue weighted by molar-refractivity contribution is -0.136. The second-order valence-corrected chi connectivity index (χ2v) is 12.0. The van der Waals surface area contributed by atoms with Gasteiger partial charge >= 0.3 is 0 Å². The summed E-state index contributed by atoms with van der Waals surface area (Å²) in [4.78, 5) is 28.9. The molecule has 4 unspecified atom stereocenters. The van der Waals surface area contributed by atoms with Crippen LogP contribution in [0, 0.1) is 28.1 Å². The number of halogens is 2. The average molecular weight is 531 g/mol. The van der Waals surface area contributed by atoms with Crippen molar-refractivity contribution in [1.82, 2.24) is 15.1 Å². The summed E-state index contributed by atoms with van der Waals surface area (Å²) in [6.07, 6.45) is 2.36. The molecule has 4 fully saturated rings. The standard InChI is InChI=1S/C27H36F2N6O3/c1-25(2)13-35(22(32)19(11-30)34(3)24(25)37)21-10-26(21)9-16(27(28,29)12-26)15-8-18(15)33-23(36)14-5-6-17(31)20(7-14)38-4/h5-7,11,15-16,18,21,32H,8-10,12-13,30-31H2,1-4H3,(H,33,36)/b19-11+,32-22?/t15?,16?,18?,21?,26-/m0/s1. The van der Waals surface area contributed by atoms with Gasteiger partial charge in [-0.2, -0.15) is 0 Å². The van der Waals surface area contributed by atoms with Crippen LogP contribution in [-0.4, -0.2) is 66.2 Å². The van der Waals surface area contributed by atoms with Crippen LogP contribution in [-0.2, 0) is 4.79 Å². The third kappa shape index (κ3) is 4.16. The molecule has 5 atom stereocenters. The van der Waals surface area contributed by atoms with Crippen molar-refractivity contribution in [2.75, 3.05) is 26.4 Å². The molecule has 1 aromatic rings. The molecule has 1 aliphatic heterocycles. The van der Waals surface area contributed by atoms with Crippen molar-refractivity contribution < 1.29 is 23.1 Å². The van der Waals surface area contributed by atoms with Crippen LogP contribution in [0.3, 0.4) is 0 Å². The summed E-state index contributed by atoms with van der Waals surface area (Å²) in [7, 11) is 3.05. The van der Waals surface area contributed by atoms with E-state index in [2.05, 4.69) is 5.32 Å². The third-order valence-corrected chi connectivity index (χ3v) is 8.95. The molecule has 0 aromatic heterocycles. The normalized spacial score (nSPS) is 34.4. The number of hydrogen-bond donors (Lipinski definition) is 4. The molecule has 0 bridgehead atoms. The maximum absolute atomic E-state index is 15.4. The Bertz CT molecular complexity index is 1230. The minimum absolute atomic E-state index is 0.0954. The van der Waals surface area contributed by atoms with Crippen LogP contribution in [0.25, 0.3) is 0 Å². The van der Waals surface area contributed by atoms with Gasteiger partial charge in [0.15, 0.2) is 0 Å². The largest absolute Gasteiger partial charge is 0.495 e. The SMILES string of the molecule is COc1cc(C(=O)NC2CC2C2C[C@]3(CC3N3CC(C)(C)C(=O)N(C)/C(=C/N)C3=N)CC2(F)F)ccc1N. The highest BCUT2D eigenvalue weighted by Gasteiger charge is 2.72. The first-order valence-electron chi connectivity index (χ1n) is 12.9. The van der Waals surface area contributed by atoms with Crippen LogP contribution >= 0.6 is 0 Å². The summed E-state index contributed by atoms with van der Waals surface area (Å²) in [5.74, 6) is -4.05. The first-order chi connectivity index (χ1) is 17.7. The topological polar surface area (TPSA) is 138 Å². The van der Waals surface area contributed by atoms with E-state index >= 15 is 8.78 Å². The van der Waals surface area contributed by atoms with Gasteiger partial charge in [-0.25, -0.2) is 8.78 Å². The van der Waals surface area contributed by atoms with Crippen molar-refractivity contribution in [3.8, 4) is 5.75 Å². The Labute approximate surface area is 221 Å². The lowest BCUT2D eigenvalue weighted by Gasteiger charge is -2.31. The van der Waals surface area contributed by atoms with E-state index in [9.17, 15) is 9.59 Å². The van der Waals surface area contributed by atoms with Gasteiger partial charge in [0.1, 0.15) is 17.3 Å². The molecule has 38 heavy (non-hydrogen) atoms. The van der Waals surface area contributed by atoms with Gasteiger partial charge in [0.25, 0.3) is 11.8 Å². The molecule has 206 valence electrons. The molecule has 4 aliphatic rings. The average Bonchev–Trinajstić information content (AvgIpc) is 3.74. The van der Waals surface area contributed by atoms with Gasteiger partial charge in [0, 0.05) is 49.8 Å². The third-order valence-electron chi connectivity index (χ3n) is 8.95. The van der Waals surface area contributed by atoms with E-state index in [4.69, 9.17) is 21.6 Å². The molecule has 2 amide bonds. The van der Waals surface area contributed by atoms with Crippen molar-refractivity contribution in [1.29, 1.82) is 5.41 Å². The Morgan fingerprint density at radius 2 is 2.00 bits per heavy atom. The van der Waals surface area contributed by atoms with Gasteiger partial charge in [-0.05, 0) is 62.6 Å². The number of rotatable bonds is 5. The minimum Gasteiger partial charge on any atom is -0.495 e. The number of nitrogen functional groups attached to an aromatic ring is 1. The van der Waals surface area contributed by atoms with Crippen LogP contribution in [0.4, 0.5) is 14.5 Å². The predicted octanol–water partition coefficient (Wildman–Crippen LogP) is 2.78. The molecular weight excluding hydrogens is 494 g/mol. The zero-order valence-electron chi connectivity index (χ0n) is 22.2. The second kappa shape index (κ2) is 8.57. The molecule has 9 nitrogen and oxygen atoms in total. The Morgan fingerprint density at radius 1 is 1.29 bits per heavy atom.